The van der Waals surface area contributed by atoms with E-state index in [4.69, 9.17) is 5.73 Å². The van der Waals surface area contributed by atoms with Gasteiger partial charge >= 0.3 is 0 Å². The van der Waals surface area contributed by atoms with Crippen molar-refractivity contribution in [2.45, 2.75) is 50.4 Å². The van der Waals surface area contributed by atoms with Crippen molar-refractivity contribution in [3.8, 4) is 0 Å². The van der Waals surface area contributed by atoms with E-state index >= 15 is 0 Å². The van der Waals surface area contributed by atoms with Crippen molar-refractivity contribution in [1.82, 2.24) is 4.90 Å². The summed E-state index contributed by atoms with van der Waals surface area (Å²) in [5, 5.41) is 0. The van der Waals surface area contributed by atoms with E-state index < -0.39 is 0 Å². The van der Waals surface area contributed by atoms with E-state index in [1.807, 2.05) is 12.1 Å². The summed E-state index contributed by atoms with van der Waals surface area (Å²) >= 11 is 3.25. The minimum absolute atomic E-state index is 0.192. The fourth-order valence-corrected chi connectivity index (χ4v) is 3.85. The minimum atomic E-state index is -0.192. The smallest absolute Gasteiger partial charge is 0.137 e. The molecule has 4 heteroatoms. The van der Waals surface area contributed by atoms with Gasteiger partial charge in [0.05, 0.1) is 4.47 Å². The van der Waals surface area contributed by atoms with Crippen molar-refractivity contribution in [3.05, 3.63) is 34.1 Å². The summed E-state index contributed by atoms with van der Waals surface area (Å²) in [5.74, 6) is -0.192. The van der Waals surface area contributed by atoms with Crippen molar-refractivity contribution in [2.75, 3.05) is 0 Å². The molecular formula is C14H18BrFN2. The third kappa shape index (κ3) is 2.33. The highest BCUT2D eigenvalue weighted by Gasteiger charge is 2.39. The molecular weight excluding hydrogens is 295 g/mol. The number of fused-ring (bicyclic) bond motifs is 2. The van der Waals surface area contributed by atoms with Gasteiger partial charge in [0.1, 0.15) is 5.82 Å². The molecule has 2 N–H and O–H groups in total. The monoisotopic (exact) mass is 312 g/mol. The Balaban J connectivity index is 1.75. The van der Waals surface area contributed by atoms with Crippen LogP contribution in [-0.2, 0) is 6.54 Å². The fraction of sp³-hybridized carbons (Fsp3) is 0.571. The highest BCUT2D eigenvalue weighted by atomic mass is 79.9. The van der Waals surface area contributed by atoms with Crippen LogP contribution in [0.3, 0.4) is 0 Å². The lowest BCUT2D eigenvalue weighted by atomic mass is 9.97. The highest BCUT2D eigenvalue weighted by molar-refractivity contribution is 9.10. The molecule has 2 aliphatic heterocycles. The van der Waals surface area contributed by atoms with Gasteiger partial charge in [0.25, 0.3) is 0 Å². The SMILES string of the molecule is NC1CC2CCC(C1)N2Cc1ccc(F)c(Br)c1. The number of nitrogens with two attached hydrogens (primary N) is 1. The standard InChI is InChI=1S/C14H18BrFN2/c15-13-5-9(1-4-14(13)16)8-18-11-2-3-12(18)7-10(17)6-11/h1,4-5,10-12H,2-3,6-8,17H2. The Morgan fingerprint density at radius 1 is 1.28 bits per heavy atom. The Bertz CT molecular complexity index is 437. The molecule has 98 valence electrons. The van der Waals surface area contributed by atoms with E-state index in [-0.39, 0.29) is 5.82 Å². The van der Waals surface area contributed by atoms with Gasteiger partial charge in [0.15, 0.2) is 0 Å². The predicted octanol–water partition coefficient (Wildman–Crippen LogP) is 3.04. The fourth-order valence-electron chi connectivity index (χ4n) is 3.42. The molecule has 3 rings (SSSR count). The molecule has 2 bridgehead atoms. The van der Waals surface area contributed by atoms with Gasteiger partial charge in [-0.2, -0.15) is 0 Å². The lowest BCUT2D eigenvalue weighted by Gasteiger charge is -2.37. The zero-order chi connectivity index (χ0) is 12.7. The van der Waals surface area contributed by atoms with Crippen LogP contribution >= 0.6 is 15.9 Å². The molecule has 2 aliphatic rings. The molecule has 2 nitrogen and oxygen atoms in total. The third-order valence-corrected chi connectivity index (χ3v) is 4.88. The first-order valence-electron chi connectivity index (χ1n) is 6.59. The second-order valence-electron chi connectivity index (χ2n) is 5.54. The average Bonchev–Trinajstić information content (AvgIpc) is 2.58. The number of benzene rings is 1. The first-order valence-corrected chi connectivity index (χ1v) is 7.38. The molecule has 0 radical (unpaired) electrons. The van der Waals surface area contributed by atoms with Crippen LogP contribution in [0.4, 0.5) is 4.39 Å². The van der Waals surface area contributed by atoms with Gasteiger partial charge in [0, 0.05) is 24.7 Å². The summed E-state index contributed by atoms with van der Waals surface area (Å²) in [7, 11) is 0. The molecule has 18 heavy (non-hydrogen) atoms. The number of hydrogen-bond acceptors (Lipinski definition) is 2. The second-order valence-corrected chi connectivity index (χ2v) is 6.39. The maximum Gasteiger partial charge on any atom is 0.137 e. The largest absolute Gasteiger partial charge is 0.328 e. The maximum absolute atomic E-state index is 13.2. The number of nitrogens with zero attached hydrogens (tertiary/aromatic N) is 1. The molecule has 0 amide bonds. The highest BCUT2D eigenvalue weighted by Crippen LogP contribution is 2.36. The van der Waals surface area contributed by atoms with Gasteiger partial charge in [-0.25, -0.2) is 4.39 Å². The van der Waals surface area contributed by atoms with Gasteiger partial charge in [-0.15, -0.1) is 0 Å². The van der Waals surface area contributed by atoms with Crippen LogP contribution < -0.4 is 5.73 Å². The van der Waals surface area contributed by atoms with Crippen LogP contribution in [0.25, 0.3) is 0 Å². The molecule has 0 aromatic heterocycles. The van der Waals surface area contributed by atoms with Gasteiger partial charge in [0.2, 0.25) is 0 Å². The molecule has 2 atom stereocenters. The van der Waals surface area contributed by atoms with Gasteiger partial charge < -0.3 is 5.73 Å². The Kier molecular flexibility index (Phi) is 3.43. The lowest BCUT2D eigenvalue weighted by Crippen LogP contribution is -2.46. The number of halogens is 2. The van der Waals surface area contributed by atoms with Crippen LogP contribution in [0, 0.1) is 5.82 Å². The van der Waals surface area contributed by atoms with Crippen LogP contribution in [-0.4, -0.2) is 23.0 Å². The van der Waals surface area contributed by atoms with Crippen LogP contribution in [0.15, 0.2) is 22.7 Å². The third-order valence-electron chi connectivity index (χ3n) is 4.27. The summed E-state index contributed by atoms with van der Waals surface area (Å²) < 4.78 is 13.8. The van der Waals surface area contributed by atoms with Crippen molar-refractivity contribution in [1.29, 1.82) is 0 Å². The van der Waals surface area contributed by atoms with E-state index in [0.717, 1.165) is 19.4 Å². The zero-order valence-corrected chi connectivity index (χ0v) is 11.9. The number of piperidine rings is 1. The average molecular weight is 313 g/mol. The quantitative estimate of drug-likeness (QED) is 0.909. The van der Waals surface area contributed by atoms with E-state index in [1.54, 1.807) is 0 Å². The van der Waals surface area contributed by atoms with Crippen molar-refractivity contribution >= 4 is 15.9 Å². The van der Waals surface area contributed by atoms with Crippen molar-refractivity contribution < 1.29 is 4.39 Å². The van der Waals surface area contributed by atoms with Gasteiger partial charge in [-0.3, -0.25) is 4.90 Å². The summed E-state index contributed by atoms with van der Waals surface area (Å²) in [4.78, 5) is 2.56. The lowest BCUT2D eigenvalue weighted by molar-refractivity contribution is 0.120. The maximum atomic E-state index is 13.2. The van der Waals surface area contributed by atoms with Crippen LogP contribution in [0.2, 0.25) is 0 Å². The summed E-state index contributed by atoms with van der Waals surface area (Å²) in [6.45, 7) is 0.918. The molecule has 1 aromatic carbocycles. The van der Waals surface area contributed by atoms with E-state index in [0.29, 0.717) is 22.6 Å². The normalized spacial score (nSPS) is 31.8. The summed E-state index contributed by atoms with van der Waals surface area (Å²) in [6.07, 6.45) is 4.75. The Morgan fingerprint density at radius 3 is 2.56 bits per heavy atom. The van der Waals surface area contributed by atoms with Crippen molar-refractivity contribution in [3.63, 3.8) is 0 Å². The Labute approximate surface area is 115 Å². The molecule has 0 spiro atoms. The number of hydrogen-bond donors (Lipinski definition) is 1. The van der Waals surface area contributed by atoms with E-state index in [9.17, 15) is 4.39 Å². The zero-order valence-electron chi connectivity index (χ0n) is 10.3. The molecule has 2 unspecified atom stereocenters. The molecule has 2 fully saturated rings. The Morgan fingerprint density at radius 2 is 1.94 bits per heavy atom. The number of rotatable bonds is 2. The predicted molar refractivity (Wildman–Crippen MR) is 73.7 cm³/mol. The van der Waals surface area contributed by atoms with Gasteiger partial charge in [-0.1, -0.05) is 6.07 Å². The topological polar surface area (TPSA) is 29.3 Å². The van der Waals surface area contributed by atoms with E-state index in [1.165, 1.54) is 24.5 Å². The minimum Gasteiger partial charge on any atom is -0.328 e. The van der Waals surface area contributed by atoms with Crippen LogP contribution in [0.5, 0.6) is 0 Å². The molecule has 2 saturated heterocycles. The molecule has 1 aromatic rings. The first-order chi connectivity index (χ1) is 8.63. The summed E-state index contributed by atoms with van der Waals surface area (Å²) in [6, 6.07) is 6.94. The molecule has 2 heterocycles. The first kappa shape index (κ1) is 12.6. The van der Waals surface area contributed by atoms with Gasteiger partial charge in [-0.05, 0) is 59.3 Å². The summed E-state index contributed by atoms with van der Waals surface area (Å²) in [5.41, 5.74) is 7.25. The Hall–Kier alpha value is -0.450. The molecule has 0 aliphatic carbocycles. The second kappa shape index (κ2) is 4.91. The van der Waals surface area contributed by atoms with E-state index in [2.05, 4.69) is 20.8 Å². The van der Waals surface area contributed by atoms with Crippen molar-refractivity contribution in [2.24, 2.45) is 5.73 Å². The van der Waals surface area contributed by atoms with Crippen LogP contribution in [0.1, 0.15) is 31.2 Å². The molecule has 0 saturated carbocycles.